The van der Waals surface area contributed by atoms with E-state index >= 15 is 0 Å². The monoisotopic (exact) mass is 488 g/mol. The van der Waals surface area contributed by atoms with Gasteiger partial charge in [0.1, 0.15) is 17.0 Å². The molecule has 2 aliphatic rings. The van der Waals surface area contributed by atoms with Gasteiger partial charge in [0.15, 0.2) is 5.82 Å². The molecule has 0 amide bonds. The van der Waals surface area contributed by atoms with Crippen LogP contribution < -0.4 is 11.1 Å². The van der Waals surface area contributed by atoms with Crippen molar-refractivity contribution in [3.8, 4) is 11.3 Å². The summed E-state index contributed by atoms with van der Waals surface area (Å²) in [6.45, 7) is 2.63. The average molecular weight is 489 g/mol. The number of nitrogens with zero attached hydrogens (tertiary/aromatic N) is 4. The topological polar surface area (TPSA) is 114 Å². The SMILES string of the molecule is CC(N)c1ccnc2c(F)cc(-c3nc(NC4CCN(S(=O)(=O)C5CC5)CC4)ncc3F)cc12. The van der Waals surface area contributed by atoms with Crippen molar-refractivity contribution in [1.29, 1.82) is 0 Å². The smallest absolute Gasteiger partial charge is 0.223 e. The number of benzene rings is 1. The lowest BCUT2D eigenvalue weighted by Gasteiger charge is -2.31. The number of hydrogen-bond acceptors (Lipinski definition) is 7. The highest BCUT2D eigenvalue weighted by Gasteiger charge is 2.41. The molecule has 3 N–H and O–H groups in total. The molecule has 2 fully saturated rings. The van der Waals surface area contributed by atoms with Gasteiger partial charge in [-0.15, -0.1) is 0 Å². The van der Waals surface area contributed by atoms with Crippen molar-refractivity contribution in [2.45, 2.75) is 49.9 Å². The van der Waals surface area contributed by atoms with Crippen LogP contribution in [-0.4, -0.2) is 52.1 Å². The quantitative estimate of drug-likeness (QED) is 0.547. The standard InChI is InChI=1S/C23H26F2N6O2S/c1-13(26)17-4-7-27-22-18(17)10-14(11-19(22)24)21-20(25)12-28-23(30-21)29-15-5-8-31(9-6-15)34(32,33)16-2-3-16/h4,7,10-13,15-16H,2-3,5-6,8-9,26H2,1H3,(H,28,29,30). The maximum atomic E-state index is 14.8. The van der Waals surface area contributed by atoms with Crippen LogP contribution >= 0.6 is 0 Å². The first-order valence-corrected chi connectivity index (χ1v) is 12.9. The van der Waals surface area contributed by atoms with Crippen molar-refractivity contribution in [3.63, 3.8) is 0 Å². The summed E-state index contributed by atoms with van der Waals surface area (Å²) in [6, 6.07) is 4.15. The van der Waals surface area contributed by atoms with Gasteiger partial charge in [0.05, 0.1) is 11.4 Å². The molecule has 34 heavy (non-hydrogen) atoms. The first kappa shape index (κ1) is 23.0. The second-order valence-corrected chi connectivity index (χ2v) is 11.2. The molecule has 11 heteroatoms. The molecule has 1 aliphatic carbocycles. The molecular weight excluding hydrogens is 462 g/mol. The summed E-state index contributed by atoms with van der Waals surface area (Å²) < 4.78 is 56.0. The molecule has 0 spiro atoms. The van der Waals surface area contributed by atoms with Crippen molar-refractivity contribution in [3.05, 3.63) is 47.8 Å². The minimum Gasteiger partial charge on any atom is -0.351 e. The number of halogens is 2. The molecule has 1 aliphatic heterocycles. The predicted molar refractivity (Wildman–Crippen MR) is 125 cm³/mol. The number of hydrogen-bond donors (Lipinski definition) is 2. The van der Waals surface area contributed by atoms with E-state index in [0.717, 1.165) is 19.0 Å². The summed E-state index contributed by atoms with van der Waals surface area (Å²) in [5.74, 6) is -1.06. The van der Waals surface area contributed by atoms with E-state index in [1.807, 2.05) is 0 Å². The van der Waals surface area contributed by atoms with E-state index in [2.05, 4.69) is 20.3 Å². The Kier molecular flexibility index (Phi) is 5.95. The van der Waals surface area contributed by atoms with Gasteiger partial charge < -0.3 is 11.1 Å². The largest absolute Gasteiger partial charge is 0.351 e. The van der Waals surface area contributed by atoms with Crippen LogP contribution in [0.4, 0.5) is 14.7 Å². The molecule has 1 atom stereocenters. The number of sulfonamides is 1. The Morgan fingerprint density at radius 2 is 1.85 bits per heavy atom. The van der Waals surface area contributed by atoms with Crippen molar-refractivity contribution in [1.82, 2.24) is 19.3 Å². The molecule has 8 nitrogen and oxygen atoms in total. The first-order chi connectivity index (χ1) is 16.2. The van der Waals surface area contributed by atoms with E-state index in [4.69, 9.17) is 5.73 Å². The van der Waals surface area contributed by atoms with Crippen LogP contribution in [0.1, 0.15) is 44.2 Å². The van der Waals surface area contributed by atoms with Gasteiger partial charge >= 0.3 is 0 Å². The molecular formula is C23H26F2N6O2S. The molecule has 180 valence electrons. The number of fused-ring (bicyclic) bond motifs is 1. The Morgan fingerprint density at radius 1 is 1.12 bits per heavy atom. The highest BCUT2D eigenvalue weighted by molar-refractivity contribution is 7.90. The van der Waals surface area contributed by atoms with Gasteiger partial charge in [0, 0.05) is 42.3 Å². The fourth-order valence-electron chi connectivity index (χ4n) is 4.42. The lowest BCUT2D eigenvalue weighted by atomic mass is 10.00. The summed E-state index contributed by atoms with van der Waals surface area (Å²) in [5.41, 5.74) is 7.12. The Labute approximate surface area is 196 Å². The van der Waals surface area contributed by atoms with E-state index in [1.165, 1.54) is 12.3 Å². The van der Waals surface area contributed by atoms with Gasteiger partial charge in [0.2, 0.25) is 16.0 Å². The Morgan fingerprint density at radius 3 is 2.53 bits per heavy atom. The minimum atomic E-state index is -3.19. The Bertz CT molecular complexity index is 1340. The van der Waals surface area contributed by atoms with Gasteiger partial charge in [-0.25, -0.2) is 31.5 Å². The molecule has 5 rings (SSSR count). The van der Waals surface area contributed by atoms with E-state index in [-0.39, 0.29) is 40.1 Å². The maximum absolute atomic E-state index is 14.8. The number of nitrogens with one attached hydrogen (secondary N) is 1. The third-order valence-electron chi connectivity index (χ3n) is 6.43. The molecule has 0 radical (unpaired) electrons. The second kappa shape index (κ2) is 8.79. The predicted octanol–water partition coefficient (Wildman–Crippen LogP) is 3.36. The molecule has 2 aromatic heterocycles. The highest BCUT2D eigenvalue weighted by atomic mass is 32.2. The van der Waals surface area contributed by atoms with Crippen molar-refractivity contribution in [2.24, 2.45) is 5.73 Å². The van der Waals surface area contributed by atoms with E-state index in [0.29, 0.717) is 36.9 Å². The van der Waals surface area contributed by atoms with E-state index in [1.54, 1.807) is 23.4 Å². The Hall–Kier alpha value is -2.76. The van der Waals surface area contributed by atoms with Crippen LogP contribution in [0, 0.1) is 11.6 Å². The van der Waals surface area contributed by atoms with Crippen LogP contribution in [0.5, 0.6) is 0 Å². The summed E-state index contributed by atoms with van der Waals surface area (Å²) in [6.07, 6.45) is 5.22. The third kappa shape index (κ3) is 4.35. The number of pyridine rings is 1. The molecule has 1 unspecified atom stereocenters. The van der Waals surface area contributed by atoms with Crippen LogP contribution in [0.25, 0.3) is 22.2 Å². The minimum absolute atomic E-state index is 0.0356. The summed E-state index contributed by atoms with van der Waals surface area (Å²) in [7, 11) is -3.19. The molecule has 1 saturated heterocycles. The van der Waals surface area contributed by atoms with Crippen molar-refractivity contribution in [2.75, 3.05) is 18.4 Å². The van der Waals surface area contributed by atoms with Crippen LogP contribution in [-0.2, 0) is 10.0 Å². The van der Waals surface area contributed by atoms with Crippen LogP contribution in [0.2, 0.25) is 0 Å². The van der Waals surface area contributed by atoms with Crippen LogP contribution in [0.15, 0.2) is 30.6 Å². The molecule has 3 aromatic rings. The normalized spacial score (nSPS) is 18.8. The third-order valence-corrected chi connectivity index (χ3v) is 8.83. The zero-order valence-electron chi connectivity index (χ0n) is 18.7. The van der Waals surface area contributed by atoms with Crippen molar-refractivity contribution < 1.29 is 17.2 Å². The highest BCUT2D eigenvalue weighted by Crippen LogP contribution is 2.33. The first-order valence-electron chi connectivity index (χ1n) is 11.4. The zero-order valence-corrected chi connectivity index (χ0v) is 19.5. The Balaban J connectivity index is 1.38. The second-order valence-electron chi connectivity index (χ2n) is 9.00. The molecule has 3 heterocycles. The molecule has 0 bridgehead atoms. The number of anilines is 1. The van der Waals surface area contributed by atoms with Gasteiger partial charge in [-0.2, -0.15) is 0 Å². The summed E-state index contributed by atoms with van der Waals surface area (Å²) in [5, 5.41) is 3.46. The summed E-state index contributed by atoms with van der Waals surface area (Å²) in [4.78, 5) is 12.5. The molecule has 1 aromatic carbocycles. The average Bonchev–Trinajstić information content (AvgIpc) is 3.66. The van der Waals surface area contributed by atoms with Gasteiger partial charge in [-0.3, -0.25) is 4.98 Å². The fraction of sp³-hybridized carbons (Fsp3) is 0.435. The number of rotatable bonds is 6. The van der Waals surface area contributed by atoms with Gasteiger partial charge in [0.25, 0.3) is 0 Å². The van der Waals surface area contributed by atoms with Gasteiger partial charge in [-0.1, -0.05) is 0 Å². The van der Waals surface area contributed by atoms with E-state index < -0.39 is 21.7 Å². The fourth-order valence-corrected chi connectivity index (χ4v) is 6.29. The summed E-state index contributed by atoms with van der Waals surface area (Å²) >= 11 is 0. The lowest BCUT2D eigenvalue weighted by molar-refractivity contribution is 0.328. The lowest BCUT2D eigenvalue weighted by Crippen LogP contribution is -2.43. The maximum Gasteiger partial charge on any atom is 0.223 e. The van der Waals surface area contributed by atoms with Crippen molar-refractivity contribution >= 4 is 26.9 Å². The number of piperidine rings is 1. The van der Waals surface area contributed by atoms with Gasteiger partial charge in [-0.05, 0) is 56.4 Å². The van der Waals surface area contributed by atoms with Crippen LogP contribution in [0.3, 0.4) is 0 Å². The zero-order chi connectivity index (χ0) is 24.0. The number of aromatic nitrogens is 3. The molecule has 1 saturated carbocycles. The van der Waals surface area contributed by atoms with E-state index in [9.17, 15) is 17.2 Å². The number of nitrogens with two attached hydrogens (primary N) is 1.